The maximum absolute atomic E-state index is 13.1. The molecule has 3 aromatic rings. The Morgan fingerprint density at radius 1 is 1.28 bits per heavy atom. The van der Waals surface area contributed by atoms with E-state index in [1.54, 1.807) is 18.2 Å². The molecule has 0 atom stereocenters. The second-order valence-corrected chi connectivity index (χ2v) is 5.66. The molecule has 0 saturated carbocycles. The van der Waals surface area contributed by atoms with Gasteiger partial charge in [-0.1, -0.05) is 6.07 Å². The average Bonchev–Trinajstić information content (AvgIpc) is 2.93. The summed E-state index contributed by atoms with van der Waals surface area (Å²) in [6.45, 7) is 0. The van der Waals surface area contributed by atoms with E-state index in [1.165, 1.54) is 29.7 Å². The van der Waals surface area contributed by atoms with Crippen LogP contribution in [0.3, 0.4) is 0 Å². The minimum Gasteiger partial charge on any atom is -0.460 e. The molecule has 3 rings (SSSR count). The molecule has 0 aliphatic rings. The molecule has 0 unspecified atom stereocenters. The largest absolute Gasteiger partial charge is 0.460 e. The smallest absolute Gasteiger partial charge is 0.239 e. The summed E-state index contributed by atoms with van der Waals surface area (Å²) < 4.78 is 19.6. The molecule has 90 valence electrons. The lowest BCUT2D eigenvalue weighted by molar-refractivity contribution is 0.101. The molecule has 0 aliphatic carbocycles. The van der Waals surface area contributed by atoms with Crippen molar-refractivity contribution in [2.24, 2.45) is 0 Å². The van der Waals surface area contributed by atoms with Gasteiger partial charge in [-0.05, 0) is 45.6 Å². The lowest BCUT2D eigenvalue weighted by Gasteiger charge is -1.92. The van der Waals surface area contributed by atoms with E-state index in [0.29, 0.717) is 9.35 Å². The lowest BCUT2D eigenvalue weighted by Crippen LogP contribution is -1.96. The third-order valence-corrected chi connectivity index (χ3v) is 4.25. The Bertz CT molecular complexity index is 744. The van der Waals surface area contributed by atoms with Gasteiger partial charge < -0.3 is 4.42 Å². The molecule has 5 heteroatoms. The molecular weight excluding hydrogens is 319 g/mol. The quantitative estimate of drug-likeness (QED) is 0.643. The standard InChI is InChI=1S/C13H6BrFO2S/c14-9-3-4-17-13(9)12(16)11-5-7-1-2-8(15)6-10(7)18-11/h1-6H. The van der Waals surface area contributed by atoms with Gasteiger partial charge in [0.25, 0.3) is 0 Å². The van der Waals surface area contributed by atoms with E-state index in [1.807, 2.05) is 0 Å². The normalized spacial score (nSPS) is 11.0. The molecule has 2 heterocycles. The van der Waals surface area contributed by atoms with Crippen molar-refractivity contribution in [3.05, 3.63) is 57.5 Å². The number of hydrogen-bond donors (Lipinski definition) is 0. The van der Waals surface area contributed by atoms with E-state index in [4.69, 9.17) is 4.42 Å². The summed E-state index contributed by atoms with van der Waals surface area (Å²) in [4.78, 5) is 12.7. The first-order valence-corrected chi connectivity index (χ1v) is 6.73. The monoisotopic (exact) mass is 324 g/mol. The van der Waals surface area contributed by atoms with Crippen LogP contribution in [0.4, 0.5) is 4.39 Å². The molecular formula is C13H6BrFO2S. The average molecular weight is 325 g/mol. The Morgan fingerprint density at radius 3 is 2.83 bits per heavy atom. The van der Waals surface area contributed by atoms with Gasteiger partial charge in [0.1, 0.15) is 5.82 Å². The maximum atomic E-state index is 13.1. The Balaban J connectivity index is 2.10. The van der Waals surface area contributed by atoms with Crippen LogP contribution in [0.15, 0.2) is 45.5 Å². The summed E-state index contributed by atoms with van der Waals surface area (Å²) in [5.41, 5.74) is 0. The number of hydrogen-bond acceptors (Lipinski definition) is 3. The highest BCUT2D eigenvalue weighted by Gasteiger charge is 2.18. The Kier molecular flexibility index (Phi) is 2.80. The molecule has 2 aromatic heterocycles. The minimum atomic E-state index is -0.303. The topological polar surface area (TPSA) is 30.2 Å². The zero-order chi connectivity index (χ0) is 12.7. The summed E-state index contributed by atoms with van der Waals surface area (Å²) >= 11 is 4.51. The van der Waals surface area contributed by atoms with Gasteiger partial charge in [-0.2, -0.15) is 0 Å². The van der Waals surface area contributed by atoms with Crippen molar-refractivity contribution >= 4 is 43.1 Å². The summed E-state index contributed by atoms with van der Waals surface area (Å²) in [6.07, 6.45) is 1.45. The number of carbonyl (C=O) groups is 1. The van der Waals surface area contributed by atoms with E-state index in [-0.39, 0.29) is 17.4 Å². The number of halogens is 2. The van der Waals surface area contributed by atoms with Crippen LogP contribution in [0.2, 0.25) is 0 Å². The van der Waals surface area contributed by atoms with Crippen LogP contribution < -0.4 is 0 Å². The van der Waals surface area contributed by atoms with Crippen molar-refractivity contribution in [2.45, 2.75) is 0 Å². The Morgan fingerprint density at radius 2 is 2.11 bits per heavy atom. The summed E-state index contributed by atoms with van der Waals surface area (Å²) in [7, 11) is 0. The Hall–Kier alpha value is -1.46. The third kappa shape index (κ3) is 1.89. The molecule has 0 saturated heterocycles. The molecule has 0 aliphatic heterocycles. The van der Waals surface area contributed by atoms with Crippen LogP contribution >= 0.6 is 27.3 Å². The molecule has 0 radical (unpaired) electrons. The minimum absolute atomic E-state index is 0.200. The molecule has 0 bridgehead atoms. The number of thiophene rings is 1. The van der Waals surface area contributed by atoms with E-state index in [0.717, 1.165) is 10.1 Å². The second-order valence-electron chi connectivity index (χ2n) is 3.72. The molecule has 0 fully saturated rings. The van der Waals surface area contributed by atoms with Gasteiger partial charge in [0.05, 0.1) is 15.6 Å². The van der Waals surface area contributed by atoms with Crippen molar-refractivity contribution in [1.82, 2.24) is 0 Å². The number of fused-ring (bicyclic) bond motifs is 1. The van der Waals surface area contributed by atoms with E-state index in [2.05, 4.69) is 15.9 Å². The summed E-state index contributed by atoms with van der Waals surface area (Å²) in [6, 6.07) is 7.88. The van der Waals surface area contributed by atoms with Crippen LogP contribution in [-0.2, 0) is 0 Å². The first kappa shape index (κ1) is 11.6. The molecule has 1 aromatic carbocycles. The first-order chi connectivity index (χ1) is 8.65. The van der Waals surface area contributed by atoms with Crippen LogP contribution in [0, 0.1) is 5.82 Å². The molecule has 0 spiro atoms. The van der Waals surface area contributed by atoms with Gasteiger partial charge in [-0.25, -0.2) is 4.39 Å². The fourth-order valence-corrected chi connectivity index (χ4v) is 3.09. The van der Waals surface area contributed by atoms with Crippen LogP contribution in [0.25, 0.3) is 10.1 Å². The zero-order valence-corrected chi connectivity index (χ0v) is 11.3. The zero-order valence-electron chi connectivity index (χ0n) is 8.94. The summed E-state index contributed by atoms with van der Waals surface area (Å²) in [5, 5.41) is 0.854. The summed E-state index contributed by atoms with van der Waals surface area (Å²) in [5.74, 6) is -0.238. The number of benzene rings is 1. The Labute approximate surface area is 114 Å². The predicted molar refractivity (Wildman–Crippen MR) is 71.6 cm³/mol. The van der Waals surface area contributed by atoms with E-state index < -0.39 is 0 Å². The van der Waals surface area contributed by atoms with Crippen molar-refractivity contribution in [3.8, 4) is 0 Å². The second kappa shape index (κ2) is 4.33. The van der Waals surface area contributed by atoms with Crippen LogP contribution in [0.5, 0.6) is 0 Å². The first-order valence-electron chi connectivity index (χ1n) is 5.12. The van der Waals surface area contributed by atoms with Crippen molar-refractivity contribution in [1.29, 1.82) is 0 Å². The molecule has 0 amide bonds. The van der Waals surface area contributed by atoms with Crippen LogP contribution in [0.1, 0.15) is 15.4 Å². The van der Waals surface area contributed by atoms with Gasteiger partial charge in [0.2, 0.25) is 5.78 Å². The third-order valence-electron chi connectivity index (χ3n) is 2.53. The number of rotatable bonds is 2. The SMILES string of the molecule is O=C(c1cc2ccc(F)cc2s1)c1occc1Br. The van der Waals surface area contributed by atoms with Gasteiger partial charge >= 0.3 is 0 Å². The van der Waals surface area contributed by atoms with E-state index >= 15 is 0 Å². The van der Waals surface area contributed by atoms with Crippen molar-refractivity contribution in [2.75, 3.05) is 0 Å². The van der Waals surface area contributed by atoms with Gasteiger partial charge in [0, 0.05) is 4.70 Å². The number of furan rings is 1. The highest BCUT2D eigenvalue weighted by molar-refractivity contribution is 9.10. The number of ketones is 1. The predicted octanol–water partition coefficient (Wildman–Crippen LogP) is 4.63. The molecule has 18 heavy (non-hydrogen) atoms. The fraction of sp³-hybridized carbons (Fsp3) is 0. The van der Waals surface area contributed by atoms with Crippen LogP contribution in [-0.4, -0.2) is 5.78 Å². The van der Waals surface area contributed by atoms with Crippen molar-refractivity contribution in [3.63, 3.8) is 0 Å². The molecule has 0 N–H and O–H groups in total. The fourth-order valence-electron chi connectivity index (χ4n) is 1.68. The van der Waals surface area contributed by atoms with Crippen molar-refractivity contribution < 1.29 is 13.6 Å². The highest BCUT2D eigenvalue weighted by Crippen LogP contribution is 2.30. The highest BCUT2D eigenvalue weighted by atomic mass is 79.9. The van der Waals surface area contributed by atoms with Gasteiger partial charge in [-0.3, -0.25) is 4.79 Å². The maximum Gasteiger partial charge on any atom is 0.239 e. The van der Waals surface area contributed by atoms with E-state index in [9.17, 15) is 9.18 Å². The lowest BCUT2D eigenvalue weighted by atomic mass is 10.2. The van der Waals surface area contributed by atoms with Gasteiger partial charge in [-0.15, -0.1) is 11.3 Å². The number of carbonyl (C=O) groups excluding carboxylic acids is 1. The van der Waals surface area contributed by atoms with Gasteiger partial charge in [0.15, 0.2) is 5.76 Å². The molecule has 2 nitrogen and oxygen atoms in total.